The molecule has 1 aliphatic rings. The zero-order chi connectivity index (χ0) is 20.9. The number of piperazine rings is 1. The van der Waals surface area contributed by atoms with Crippen molar-refractivity contribution in [2.75, 3.05) is 49.5 Å². The largest absolute Gasteiger partial charge is 0.494 e. The second-order valence-electron chi connectivity index (χ2n) is 6.67. The number of carbonyl (C=O) groups excluding carboxylic acids is 1. The van der Waals surface area contributed by atoms with Gasteiger partial charge >= 0.3 is 6.18 Å². The lowest BCUT2D eigenvalue weighted by Gasteiger charge is -2.35. The Kier molecular flexibility index (Phi) is 6.58. The maximum absolute atomic E-state index is 12.6. The summed E-state index contributed by atoms with van der Waals surface area (Å²) in [5, 5.41) is 2.85. The van der Waals surface area contributed by atoms with Crippen molar-refractivity contribution in [2.45, 2.75) is 13.1 Å². The van der Waals surface area contributed by atoms with E-state index in [4.69, 9.17) is 4.74 Å². The highest BCUT2D eigenvalue weighted by atomic mass is 19.4. The van der Waals surface area contributed by atoms with Gasteiger partial charge in [-0.05, 0) is 43.3 Å². The number of hydrogen-bond donors (Lipinski definition) is 1. The standard InChI is InChI=1S/C20H23F3N4O2/c1-2-29-17-6-4-16(5-7-17)25-19(28)14-26-9-11-27(12-10-26)18-8-3-15(13-24-18)20(21,22)23/h3-8,13H,2,9-12,14H2,1H3,(H,25,28). The first-order chi connectivity index (χ1) is 13.8. The van der Waals surface area contributed by atoms with E-state index in [0.717, 1.165) is 18.0 Å². The van der Waals surface area contributed by atoms with Gasteiger partial charge in [0.1, 0.15) is 11.6 Å². The molecule has 1 aromatic heterocycles. The van der Waals surface area contributed by atoms with Crippen LogP contribution in [-0.4, -0.2) is 55.1 Å². The topological polar surface area (TPSA) is 57.7 Å². The predicted molar refractivity (Wildman–Crippen MR) is 104 cm³/mol. The van der Waals surface area contributed by atoms with E-state index in [2.05, 4.69) is 10.3 Å². The van der Waals surface area contributed by atoms with Gasteiger partial charge in [0, 0.05) is 38.1 Å². The van der Waals surface area contributed by atoms with Crippen LogP contribution >= 0.6 is 0 Å². The van der Waals surface area contributed by atoms with Gasteiger partial charge in [-0.1, -0.05) is 0 Å². The van der Waals surface area contributed by atoms with E-state index in [1.165, 1.54) is 6.07 Å². The average Bonchev–Trinajstić information content (AvgIpc) is 2.70. The van der Waals surface area contributed by atoms with E-state index in [1.807, 2.05) is 16.7 Å². The summed E-state index contributed by atoms with van der Waals surface area (Å²) in [4.78, 5) is 20.1. The van der Waals surface area contributed by atoms with Gasteiger partial charge in [0.2, 0.25) is 5.91 Å². The van der Waals surface area contributed by atoms with Gasteiger partial charge in [-0.2, -0.15) is 13.2 Å². The summed E-state index contributed by atoms with van der Waals surface area (Å²) in [5.74, 6) is 1.14. The van der Waals surface area contributed by atoms with Crippen molar-refractivity contribution in [3.63, 3.8) is 0 Å². The molecule has 1 fully saturated rings. The zero-order valence-corrected chi connectivity index (χ0v) is 16.1. The summed E-state index contributed by atoms with van der Waals surface area (Å²) in [6.07, 6.45) is -3.53. The normalized spacial score (nSPS) is 15.2. The first kappa shape index (κ1) is 20.9. The number of nitrogens with one attached hydrogen (secondary N) is 1. The molecule has 0 spiro atoms. The molecule has 6 nitrogen and oxygen atoms in total. The molecule has 1 aromatic carbocycles. The highest BCUT2D eigenvalue weighted by molar-refractivity contribution is 5.92. The zero-order valence-electron chi connectivity index (χ0n) is 16.1. The minimum absolute atomic E-state index is 0.115. The van der Waals surface area contributed by atoms with E-state index in [9.17, 15) is 18.0 Å². The first-order valence-corrected chi connectivity index (χ1v) is 9.38. The van der Waals surface area contributed by atoms with Crippen molar-refractivity contribution in [1.29, 1.82) is 0 Å². The third-order valence-corrected chi connectivity index (χ3v) is 4.59. The molecule has 0 unspecified atom stereocenters. The summed E-state index contributed by atoms with van der Waals surface area (Å²) in [7, 11) is 0. The van der Waals surface area contributed by atoms with Gasteiger partial charge in [0.15, 0.2) is 0 Å². The Balaban J connectivity index is 1.46. The Hall–Kier alpha value is -2.81. The Morgan fingerprint density at radius 2 is 1.79 bits per heavy atom. The fourth-order valence-corrected chi connectivity index (χ4v) is 3.08. The number of amides is 1. The van der Waals surface area contributed by atoms with Crippen LogP contribution in [0.15, 0.2) is 42.6 Å². The fourth-order valence-electron chi connectivity index (χ4n) is 3.08. The highest BCUT2D eigenvalue weighted by Crippen LogP contribution is 2.29. The van der Waals surface area contributed by atoms with E-state index >= 15 is 0 Å². The second-order valence-corrected chi connectivity index (χ2v) is 6.67. The van der Waals surface area contributed by atoms with Gasteiger partial charge in [0.05, 0.1) is 18.7 Å². The van der Waals surface area contributed by atoms with Crippen LogP contribution in [-0.2, 0) is 11.0 Å². The molecule has 1 aliphatic heterocycles. The third-order valence-electron chi connectivity index (χ3n) is 4.59. The number of alkyl halides is 3. The van der Waals surface area contributed by atoms with Crippen LogP contribution in [0.1, 0.15) is 12.5 Å². The summed E-state index contributed by atoms with van der Waals surface area (Å²) in [6, 6.07) is 9.61. The second kappa shape index (κ2) is 9.13. The Labute approximate surface area is 167 Å². The van der Waals surface area contributed by atoms with Gasteiger partial charge in [0.25, 0.3) is 0 Å². The van der Waals surface area contributed by atoms with Crippen LogP contribution in [0.3, 0.4) is 0 Å². The van der Waals surface area contributed by atoms with Gasteiger partial charge in [-0.25, -0.2) is 4.98 Å². The van der Waals surface area contributed by atoms with Crippen LogP contribution in [0.5, 0.6) is 5.75 Å². The number of rotatable bonds is 6. The molecule has 0 atom stereocenters. The minimum atomic E-state index is -4.39. The number of nitrogens with zero attached hydrogens (tertiary/aromatic N) is 3. The van der Waals surface area contributed by atoms with E-state index in [1.54, 1.807) is 24.3 Å². The number of ether oxygens (including phenoxy) is 1. The quantitative estimate of drug-likeness (QED) is 0.795. The number of aromatic nitrogens is 1. The molecule has 0 aliphatic carbocycles. The van der Waals surface area contributed by atoms with Gasteiger partial charge in [-0.15, -0.1) is 0 Å². The molecule has 29 heavy (non-hydrogen) atoms. The molecule has 156 valence electrons. The van der Waals surface area contributed by atoms with Crippen LogP contribution in [0, 0.1) is 0 Å². The number of benzene rings is 1. The number of carbonyl (C=O) groups is 1. The molecule has 3 rings (SSSR count). The Bertz CT molecular complexity index is 802. The van der Waals surface area contributed by atoms with Crippen LogP contribution in [0.2, 0.25) is 0 Å². The fraction of sp³-hybridized carbons (Fsp3) is 0.400. The average molecular weight is 408 g/mol. The van der Waals surface area contributed by atoms with Crippen molar-refractivity contribution in [2.24, 2.45) is 0 Å². The molecule has 2 heterocycles. The van der Waals surface area contributed by atoms with E-state index < -0.39 is 11.7 Å². The lowest BCUT2D eigenvalue weighted by Crippen LogP contribution is -2.48. The molecule has 1 saturated heterocycles. The van der Waals surface area contributed by atoms with Crippen molar-refractivity contribution in [3.05, 3.63) is 48.2 Å². The van der Waals surface area contributed by atoms with E-state index in [-0.39, 0.29) is 12.5 Å². The molecule has 0 radical (unpaired) electrons. The highest BCUT2D eigenvalue weighted by Gasteiger charge is 2.31. The molecule has 9 heteroatoms. The predicted octanol–water partition coefficient (Wildman–Crippen LogP) is 3.26. The van der Waals surface area contributed by atoms with Crippen molar-refractivity contribution in [1.82, 2.24) is 9.88 Å². The molecular formula is C20H23F3N4O2. The molecule has 2 aromatic rings. The summed E-state index contributed by atoms with van der Waals surface area (Å²) >= 11 is 0. The molecule has 1 amide bonds. The van der Waals surface area contributed by atoms with Crippen molar-refractivity contribution in [3.8, 4) is 5.75 Å². The molecular weight excluding hydrogens is 385 g/mol. The molecule has 0 saturated carbocycles. The number of halogens is 3. The SMILES string of the molecule is CCOc1ccc(NC(=O)CN2CCN(c3ccc(C(F)(F)F)cn3)CC2)cc1. The van der Waals surface area contributed by atoms with Crippen LogP contribution < -0.4 is 15.0 Å². The van der Waals surface area contributed by atoms with Crippen molar-refractivity contribution < 1.29 is 22.7 Å². The Morgan fingerprint density at radius 1 is 1.10 bits per heavy atom. The maximum atomic E-state index is 12.6. The van der Waals surface area contributed by atoms with Gasteiger partial charge in [-0.3, -0.25) is 9.69 Å². The Morgan fingerprint density at radius 3 is 2.34 bits per heavy atom. The number of hydrogen-bond acceptors (Lipinski definition) is 5. The summed E-state index contributed by atoms with van der Waals surface area (Å²) in [5.41, 5.74) is -0.0584. The summed E-state index contributed by atoms with van der Waals surface area (Å²) < 4.78 is 43.3. The van der Waals surface area contributed by atoms with E-state index in [0.29, 0.717) is 44.3 Å². The lowest BCUT2D eigenvalue weighted by molar-refractivity contribution is -0.137. The van der Waals surface area contributed by atoms with Gasteiger partial charge < -0.3 is 15.0 Å². The van der Waals surface area contributed by atoms with Crippen LogP contribution in [0.25, 0.3) is 0 Å². The monoisotopic (exact) mass is 408 g/mol. The molecule has 1 N–H and O–H groups in total. The number of pyridine rings is 1. The third kappa shape index (κ3) is 5.83. The molecule has 0 bridgehead atoms. The first-order valence-electron chi connectivity index (χ1n) is 9.38. The van der Waals surface area contributed by atoms with Crippen molar-refractivity contribution >= 4 is 17.4 Å². The number of anilines is 2. The minimum Gasteiger partial charge on any atom is -0.494 e. The summed E-state index contributed by atoms with van der Waals surface area (Å²) in [6.45, 7) is 5.17. The van der Waals surface area contributed by atoms with Crippen LogP contribution in [0.4, 0.5) is 24.7 Å². The maximum Gasteiger partial charge on any atom is 0.417 e. The smallest absolute Gasteiger partial charge is 0.417 e. The lowest BCUT2D eigenvalue weighted by atomic mass is 10.2.